The van der Waals surface area contributed by atoms with Gasteiger partial charge in [-0.1, -0.05) is 87.4 Å². The van der Waals surface area contributed by atoms with Crippen LogP contribution in [0.1, 0.15) is 103 Å². The first kappa shape index (κ1) is 22.2. The first-order valence-electron chi connectivity index (χ1n) is 13.6. The van der Waals surface area contributed by atoms with Gasteiger partial charge in [-0.2, -0.15) is 0 Å². The first-order chi connectivity index (χ1) is 18.6. The van der Waals surface area contributed by atoms with Crippen LogP contribution in [0.25, 0.3) is 0 Å². The average Bonchev–Trinajstić information content (AvgIpc) is 2.95. The standard InChI is InChI=1S/C34H26O4/c1-3-7-19-13-15-25-23(17-19)31(35)21-9-5-12-28-29(21)33(25)27-11-6-10-22-30(27)34(28,38-37-33)26-16-14-20(8-4-2)18-24(26)32(22)36/h5-6,9-18H,3-4,7-8H2,1-2H3. The molecule has 0 aromatic heterocycles. The Morgan fingerprint density at radius 2 is 1.00 bits per heavy atom. The minimum absolute atomic E-state index is 0.0103. The Labute approximate surface area is 221 Å². The Balaban J connectivity index is 1.51. The largest absolute Gasteiger partial charge is 0.289 e. The molecule has 2 heterocycles. The van der Waals surface area contributed by atoms with Crippen LogP contribution in [0.4, 0.5) is 0 Å². The van der Waals surface area contributed by atoms with Crippen molar-refractivity contribution in [3.63, 3.8) is 0 Å². The van der Waals surface area contributed by atoms with Gasteiger partial charge in [-0.25, -0.2) is 9.78 Å². The molecule has 0 N–H and O–H groups in total. The maximum absolute atomic E-state index is 14.0. The minimum Gasteiger partial charge on any atom is -0.289 e. The maximum atomic E-state index is 14.0. The molecule has 0 saturated heterocycles. The number of fused-ring (bicyclic) bond motifs is 3. The molecule has 4 aromatic rings. The number of ketones is 2. The van der Waals surface area contributed by atoms with Gasteiger partial charge in [0.25, 0.3) is 0 Å². The zero-order valence-corrected chi connectivity index (χ0v) is 21.4. The fourth-order valence-corrected chi connectivity index (χ4v) is 7.40. The Morgan fingerprint density at radius 1 is 0.553 bits per heavy atom. The summed E-state index contributed by atoms with van der Waals surface area (Å²) in [5, 5.41) is 0. The Hall–Kier alpha value is -3.86. The van der Waals surface area contributed by atoms with Crippen LogP contribution in [0, 0.1) is 0 Å². The molecule has 2 aliphatic heterocycles. The van der Waals surface area contributed by atoms with Gasteiger partial charge in [-0.05, 0) is 36.1 Å². The van der Waals surface area contributed by atoms with Crippen LogP contribution in [-0.2, 0) is 33.8 Å². The lowest BCUT2D eigenvalue weighted by Crippen LogP contribution is -2.57. The molecule has 2 spiro atoms. The second-order valence-corrected chi connectivity index (χ2v) is 10.9. The highest BCUT2D eigenvalue weighted by atomic mass is 17.2. The van der Waals surface area contributed by atoms with Crippen molar-refractivity contribution in [2.45, 2.75) is 50.7 Å². The Kier molecular flexibility index (Phi) is 4.30. The van der Waals surface area contributed by atoms with E-state index in [2.05, 4.69) is 26.0 Å². The van der Waals surface area contributed by atoms with Gasteiger partial charge < -0.3 is 0 Å². The summed E-state index contributed by atoms with van der Waals surface area (Å²) < 4.78 is 0. The Morgan fingerprint density at radius 3 is 1.42 bits per heavy atom. The van der Waals surface area contributed by atoms with Gasteiger partial charge >= 0.3 is 0 Å². The summed E-state index contributed by atoms with van der Waals surface area (Å²) in [6.45, 7) is 4.27. The highest BCUT2D eigenvalue weighted by Crippen LogP contribution is 2.65. The van der Waals surface area contributed by atoms with E-state index in [0.717, 1.165) is 70.2 Å². The van der Waals surface area contributed by atoms with E-state index in [-0.39, 0.29) is 11.6 Å². The van der Waals surface area contributed by atoms with Crippen LogP contribution in [0.3, 0.4) is 0 Å². The van der Waals surface area contributed by atoms with Crippen LogP contribution in [0.15, 0.2) is 72.8 Å². The van der Waals surface area contributed by atoms with E-state index in [1.165, 1.54) is 0 Å². The number of carbonyl (C=O) groups is 2. The van der Waals surface area contributed by atoms with Crippen molar-refractivity contribution in [2.75, 3.05) is 0 Å². The topological polar surface area (TPSA) is 52.6 Å². The quantitative estimate of drug-likeness (QED) is 0.300. The summed E-state index contributed by atoms with van der Waals surface area (Å²) in [5.74, 6) is 0.0205. The highest BCUT2D eigenvalue weighted by Gasteiger charge is 2.66. The van der Waals surface area contributed by atoms with Crippen molar-refractivity contribution in [2.24, 2.45) is 0 Å². The lowest BCUT2D eigenvalue weighted by molar-refractivity contribution is -0.410. The molecule has 4 nitrogen and oxygen atoms in total. The molecule has 0 amide bonds. The SMILES string of the molecule is CCCc1ccc2c(c1)C(=O)c1cccc3c1C21OOC32c3ccc(CCC)cc3C(=O)c3cccc1c32. The summed E-state index contributed by atoms with van der Waals surface area (Å²) in [4.78, 5) is 41.2. The summed E-state index contributed by atoms with van der Waals surface area (Å²) in [6.07, 6.45) is 3.78. The molecule has 0 saturated carbocycles. The number of hydrogen-bond acceptors (Lipinski definition) is 4. The van der Waals surface area contributed by atoms with Crippen LogP contribution in [0.5, 0.6) is 0 Å². The molecule has 2 bridgehead atoms. The zero-order valence-electron chi connectivity index (χ0n) is 21.4. The summed E-state index contributed by atoms with van der Waals surface area (Å²) in [7, 11) is 0. The summed E-state index contributed by atoms with van der Waals surface area (Å²) in [6, 6.07) is 24.0. The van der Waals surface area contributed by atoms with E-state index in [9.17, 15) is 9.59 Å². The predicted molar refractivity (Wildman–Crippen MR) is 143 cm³/mol. The molecule has 4 aromatic carbocycles. The number of hydrogen-bond donors (Lipinski definition) is 0. The van der Waals surface area contributed by atoms with Gasteiger partial charge in [-0.3, -0.25) is 9.59 Å². The minimum atomic E-state index is -1.12. The van der Waals surface area contributed by atoms with Crippen LogP contribution < -0.4 is 0 Å². The molecule has 0 radical (unpaired) electrons. The zero-order chi connectivity index (χ0) is 25.8. The van der Waals surface area contributed by atoms with Gasteiger partial charge in [0.15, 0.2) is 22.8 Å². The maximum Gasteiger partial charge on any atom is 0.193 e. The van der Waals surface area contributed by atoms with Crippen LogP contribution in [-0.4, -0.2) is 11.6 Å². The lowest BCUT2D eigenvalue weighted by atomic mass is 9.55. The summed E-state index contributed by atoms with van der Waals surface area (Å²) >= 11 is 0. The van der Waals surface area contributed by atoms with Gasteiger partial charge in [-0.15, -0.1) is 0 Å². The first-order valence-corrected chi connectivity index (χ1v) is 13.6. The van der Waals surface area contributed by atoms with Gasteiger partial charge in [0.1, 0.15) is 0 Å². The molecule has 2 atom stereocenters. The van der Waals surface area contributed by atoms with E-state index < -0.39 is 11.2 Å². The third-order valence-corrected chi connectivity index (χ3v) is 8.87. The molecule has 3 aliphatic carbocycles. The second-order valence-electron chi connectivity index (χ2n) is 10.9. The molecule has 4 heteroatoms. The number of carbonyl (C=O) groups excluding carboxylic acids is 2. The van der Waals surface area contributed by atoms with Crippen molar-refractivity contribution in [3.05, 3.63) is 140 Å². The molecular weight excluding hydrogens is 472 g/mol. The molecule has 5 aliphatic rings. The molecule has 0 fully saturated rings. The fourth-order valence-electron chi connectivity index (χ4n) is 7.40. The molecule has 9 rings (SSSR count). The van der Waals surface area contributed by atoms with Crippen molar-refractivity contribution in [3.8, 4) is 0 Å². The number of aryl methyl sites for hydroxylation is 2. The monoisotopic (exact) mass is 498 g/mol. The van der Waals surface area contributed by atoms with E-state index in [1.807, 2.05) is 60.7 Å². The van der Waals surface area contributed by atoms with Crippen LogP contribution >= 0.6 is 0 Å². The molecular formula is C34H26O4. The fraction of sp³-hybridized carbons (Fsp3) is 0.235. The summed E-state index contributed by atoms with van der Waals surface area (Å²) in [5.41, 5.74) is 7.59. The third kappa shape index (κ3) is 2.35. The van der Waals surface area contributed by atoms with Gasteiger partial charge in [0, 0.05) is 55.6 Å². The lowest BCUT2D eigenvalue weighted by Gasteiger charge is -2.57. The normalized spacial score (nSPS) is 23.0. The number of benzene rings is 4. The molecule has 38 heavy (non-hydrogen) atoms. The van der Waals surface area contributed by atoms with E-state index >= 15 is 0 Å². The highest BCUT2D eigenvalue weighted by molar-refractivity contribution is 6.16. The van der Waals surface area contributed by atoms with Crippen LogP contribution in [0.2, 0.25) is 0 Å². The van der Waals surface area contributed by atoms with Crippen molar-refractivity contribution in [1.29, 1.82) is 0 Å². The predicted octanol–water partition coefficient (Wildman–Crippen LogP) is 6.54. The van der Waals surface area contributed by atoms with Crippen molar-refractivity contribution >= 4 is 11.6 Å². The molecule has 186 valence electrons. The average molecular weight is 499 g/mol. The smallest absolute Gasteiger partial charge is 0.193 e. The van der Waals surface area contributed by atoms with Gasteiger partial charge in [0.05, 0.1) is 0 Å². The van der Waals surface area contributed by atoms with E-state index in [4.69, 9.17) is 9.78 Å². The third-order valence-electron chi connectivity index (χ3n) is 8.87. The van der Waals surface area contributed by atoms with Crippen molar-refractivity contribution < 1.29 is 19.4 Å². The van der Waals surface area contributed by atoms with E-state index in [1.54, 1.807) is 0 Å². The number of rotatable bonds is 4. The van der Waals surface area contributed by atoms with Crippen molar-refractivity contribution in [1.82, 2.24) is 0 Å². The second kappa shape index (κ2) is 7.37. The Bertz CT molecular complexity index is 1620. The van der Waals surface area contributed by atoms with E-state index in [0.29, 0.717) is 22.3 Å². The van der Waals surface area contributed by atoms with Gasteiger partial charge in [0.2, 0.25) is 0 Å². The molecule has 2 unspecified atom stereocenters.